The fourth-order valence-corrected chi connectivity index (χ4v) is 3.13. The Bertz CT molecular complexity index is 802. The fourth-order valence-electron chi connectivity index (χ4n) is 1.99. The molecule has 0 aromatic carbocycles. The number of H-pyrrole nitrogens is 1. The zero-order chi connectivity index (χ0) is 22.1. The van der Waals surface area contributed by atoms with Gasteiger partial charge in [-0.25, -0.2) is 14.3 Å². The summed E-state index contributed by atoms with van der Waals surface area (Å²) in [5.74, 6) is -0.620. The smallest absolute Gasteiger partial charge is 0.330 e. The molecule has 0 fully saturated rings. The second kappa shape index (κ2) is 12.4. The number of aromatic nitrogens is 2. The van der Waals surface area contributed by atoms with Crippen molar-refractivity contribution in [2.24, 2.45) is 0 Å². The van der Waals surface area contributed by atoms with Crippen LogP contribution in [0, 0.1) is 0 Å². The minimum absolute atomic E-state index is 0.342. The molecule has 1 aromatic rings. The van der Waals surface area contributed by atoms with Crippen LogP contribution in [0.25, 0.3) is 0 Å². The Morgan fingerprint density at radius 1 is 1.41 bits per heavy atom. The predicted molar refractivity (Wildman–Crippen MR) is 105 cm³/mol. The number of alkyl halides is 2. The lowest BCUT2D eigenvalue weighted by atomic mass is 10.4. The predicted octanol–water partition coefficient (Wildman–Crippen LogP) is 0.439. The number of nitrogens with one attached hydrogen (secondary N) is 2. The molecule has 0 spiro atoms. The van der Waals surface area contributed by atoms with E-state index in [0.717, 1.165) is 16.8 Å². The topological polar surface area (TPSA) is 149 Å². The maximum absolute atomic E-state index is 13.4. The van der Waals surface area contributed by atoms with Crippen LogP contribution in [0.3, 0.4) is 0 Å². The molecule has 0 aliphatic carbocycles. The van der Waals surface area contributed by atoms with Gasteiger partial charge in [-0.1, -0.05) is 15.9 Å². The summed E-state index contributed by atoms with van der Waals surface area (Å²) in [5, 5.41) is 10.8. The van der Waals surface area contributed by atoms with E-state index in [1.807, 2.05) is 4.98 Å². The normalized spacial score (nSPS) is 16.8. The van der Waals surface area contributed by atoms with Crippen molar-refractivity contribution in [3.8, 4) is 0 Å². The van der Waals surface area contributed by atoms with Crippen LogP contribution in [0.2, 0.25) is 0 Å². The van der Waals surface area contributed by atoms with Gasteiger partial charge in [0.05, 0.1) is 12.7 Å². The summed E-state index contributed by atoms with van der Waals surface area (Å²) >= 11 is 2.85. The number of aliphatic hydroxyl groups excluding tert-OH is 1. The van der Waals surface area contributed by atoms with Crippen LogP contribution in [0.4, 0.5) is 4.39 Å². The van der Waals surface area contributed by atoms with Crippen LogP contribution >= 0.6 is 24.1 Å². The highest BCUT2D eigenvalue weighted by Gasteiger charge is 2.26. The minimum atomic E-state index is -2.94. The summed E-state index contributed by atoms with van der Waals surface area (Å²) in [6, 6.07) is 0.0967. The number of aliphatic hydroxyl groups is 1. The molecule has 1 aromatic heterocycles. The van der Waals surface area contributed by atoms with Crippen molar-refractivity contribution in [1.82, 2.24) is 14.6 Å². The molecule has 0 aliphatic rings. The van der Waals surface area contributed by atoms with Gasteiger partial charge in [-0.15, -0.1) is 0 Å². The number of carbonyl (C=O) groups is 1. The highest BCUT2D eigenvalue weighted by molar-refractivity contribution is 9.09. The van der Waals surface area contributed by atoms with E-state index in [9.17, 15) is 28.4 Å². The maximum Gasteiger partial charge on any atom is 0.330 e. The Labute approximate surface area is 174 Å². The SMILES string of the molecule is CC(C)OC(=O)[C@H](C)N[PH](=O)OC[C@@H](O[C@H](CF)n1ccc(=O)[nH]c1=O)[C@@H](O)Br. The summed E-state index contributed by atoms with van der Waals surface area (Å²) < 4.78 is 41.5. The van der Waals surface area contributed by atoms with Crippen LogP contribution in [0.1, 0.15) is 27.0 Å². The number of ether oxygens (including phenoxy) is 2. The first-order valence-corrected chi connectivity index (χ1v) is 10.8. The molecule has 29 heavy (non-hydrogen) atoms. The highest BCUT2D eigenvalue weighted by atomic mass is 79.9. The van der Waals surface area contributed by atoms with Crippen molar-refractivity contribution >= 4 is 30.1 Å². The fraction of sp³-hybridized carbons (Fsp3) is 0.667. The lowest BCUT2D eigenvalue weighted by Gasteiger charge is -2.25. The highest BCUT2D eigenvalue weighted by Crippen LogP contribution is 2.22. The zero-order valence-corrected chi connectivity index (χ0v) is 18.5. The van der Waals surface area contributed by atoms with E-state index in [0.29, 0.717) is 0 Å². The Kier molecular flexibility index (Phi) is 10.9. The van der Waals surface area contributed by atoms with Crippen molar-refractivity contribution in [3.63, 3.8) is 0 Å². The van der Waals surface area contributed by atoms with Crippen LogP contribution in [-0.2, 0) is 23.4 Å². The molecule has 1 rings (SSSR count). The summed E-state index contributed by atoms with van der Waals surface area (Å²) in [6.07, 6.45) is -2.01. The first-order chi connectivity index (χ1) is 13.5. The first kappa shape index (κ1) is 25.7. The standard InChI is InChI=1S/C15H24BrFN3O8P/c1-8(2)27-14(23)9(3)19-29(25)26-7-10(13(16)22)28-12(6-17)20-5-4-11(21)18-15(20)24/h4-5,8-10,12-13,22,29H,6-7H2,1-3H3,(H,19,25)(H,18,21,24)/t9-,10+,12+,13+/m0/s1. The van der Waals surface area contributed by atoms with Gasteiger partial charge >= 0.3 is 11.7 Å². The molecule has 0 bridgehead atoms. The molecule has 1 heterocycles. The summed E-state index contributed by atoms with van der Waals surface area (Å²) in [6.45, 7) is 3.15. The van der Waals surface area contributed by atoms with E-state index >= 15 is 0 Å². The van der Waals surface area contributed by atoms with Crippen LogP contribution < -0.4 is 16.3 Å². The largest absolute Gasteiger partial charge is 0.462 e. The van der Waals surface area contributed by atoms with Crippen molar-refractivity contribution in [2.75, 3.05) is 13.3 Å². The molecule has 11 nitrogen and oxygen atoms in total. The van der Waals surface area contributed by atoms with Gasteiger partial charge in [-0.2, -0.15) is 0 Å². The van der Waals surface area contributed by atoms with Crippen molar-refractivity contribution < 1.29 is 32.9 Å². The molecule has 166 valence electrons. The molecule has 5 atom stereocenters. The number of hydrogen-bond acceptors (Lipinski definition) is 8. The maximum atomic E-state index is 13.4. The molecular weight excluding hydrogens is 480 g/mol. The van der Waals surface area contributed by atoms with Crippen molar-refractivity contribution in [3.05, 3.63) is 33.1 Å². The minimum Gasteiger partial charge on any atom is -0.462 e. The van der Waals surface area contributed by atoms with Gasteiger partial charge in [0, 0.05) is 12.3 Å². The molecule has 0 amide bonds. The number of halogens is 2. The van der Waals surface area contributed by atoms with E-state index in [1.165, 1.54) is 6.92 Å². The molecule has 3 N–H and O–H groups in total. The third-order valence-electron chi connectivity index (χ3n) is 3.35. The molecule has 14 heteroatoms. The Balaban J connectivity index is 2.70. The van der Waals surface area contributed by atoms with Crippen molar-refractivity contribution in [1.29, 1.82) is 0 Å². The number of carbonyl (C=O) groups excluding carboxylic acids is 1. The van der Waals surface area contributed by atoms with E-state index in [2.05, 4.69) is 21.0 Å². The molecule has 0 radical (unpaired) electrons. The quantitative estimate of drug-likeness (QED) is 0.209. The van der Waals surface area contributed by atoms with Gasteiger partial charge in [0.1, 0.15) is 23.8 Å². The van der Waals surface area contributed by atoms with Gasteiger partial charge in [-0.05, 0) is 20.8 Å². The third kappa shape index (κ3) is 8.89. The Morgan fingerprint density at radius 2 is 2.07 bits per heavy atom. The molecule has 1 unspecified atom stereocenters. The average molecular weight is 504 g/mol. The van der Waals surface area contributed by atoms with Crippen molar-refractivity contribution in [2.45, 2.75) is 50.3 Å². The van der Waals surface area contributed by atoms with Gasteiger partial charge in [-0.3, -0.25) is 23.7 Å². The van der Waals surface area contributed by atoms with E-state index in [4.69, 9.17) is 14.0 Å². The Morgan fingerprint density at radius 3 is 2.59 bits per heavy atom. The van der Waals surface area contributed by atoms with Crippen LogP contribution in [-0.4, -0.2) is 57.2 Å². The van der Waals surface area contributed by atoms with E-state index in [-0.39, 0.29) is 6.10 Å². The van der Waals surface area contributed by atoms with Crippen LogP contribution in [0.15, 0.2) is 21.9 Å². The lowest BCUT2D eigenvalue weighted by molar-refractivity contribution is -0.149. The second-order valence-corrected chi connectivity index (χ2v) is 8.21. The third-order valence-corrected chi connectivity index (χ3v) is 5.04. The van der Waals surface area contributed by atoms with Gasteiger partial charge in [0.15, 0.2) is 6.23 Å². The average Bonchev–Trinajstić information content (AvgIpc) is 2.61. The number of hydrogen-bond donors (Lipinski definition) is 3. The van der Waals surface area contributed by atoms with Crippen LogP contribution in [0.5, 0.6) is 0 Å². The molecule has 0 aliphatic heterocycles. The van der Waals surface area contributed by atoms with Gasteiger partial charge in [0.25, 0.3) is 13.7 Å². The number of nitrogens with zero attached hydrogens (tertiary/aromatic N) is 1. The second-order valence-electron chi connectivity index (χ2n) is 6.12. The number of esters is 1. The number of rotatable bonds is 12. The summed E-state index contributed by atoms with van der Waals surface area (Å²) in [4.78, 5) is 36.5. The Hall–Kier alpha value is -1.37. The lowest BCUT2D eigenvalue weighted by Crippen LogP contribution is -2.38. The molecule has 0 saturated heterocycles. The monoisotopic (exact) mass is 503 g/mol. The zero-order valence-electron chi connectivity index (χ0n) is 16.0. The summed E-state index contributed by atoms with van der Waals surface area (Å²) in [5.41, 5.74) is -1.57. The molecular formula is C15H24BrFN3O8P. The van der Waals surface area contributed by atoms with E-state index < -0.39 is 62.1 Å². The van der Waals surface area contributed by atoms with Gasteiger partial charge in [0.2, 0.25) is 0 Å². The van der Waals surface area contributed by atoms with Gasteiger partial charge < -0.3 is 19.1 Å². The molecule has 0 saturated carbocycles. The summed E-state index contributed by atoms with van der Waals surface area (Å²) in [7, 11) is -2.94. The first-order valence-electron chi connectivity index (χ1n) is 8.54. The number of aromatic amines is 1. The van der Waals surface area contributed by atoms with E-state index in [1.54, 1.807) is 13.8 Å².